The van der Waals surface area contributed by atoms with Crippen molar-refractivity contribution >= 4 is 23.4 Å². The molecule has 0 saturated carbocycles. The van der Waals surface area contributed by atoms with Crippen molar-refractivity contribution in [1.29, 1.82) is 0 Å². The van der Waals surface area contributed by atoms with Gasteiger partial charge in [-0.2, -0.15) is 5.10 Å². The Morgan fingerprint density at radius 3 is 2.87 bits per heavy atom. The van der Waals surface area contributed by atoms with Gasteiger partial charge >= 0.3 is 0 Å². The van der Waals surface area contributed by atoms with Crippen LogP contribution in [0.2, 0.25) is 0 Å². The molecule has 3 heterocycles. The van der Waals surface area contributed by atoms with Crippen LogP contribution in [0, 0.1) is 18.2 Å². The lowest BCUT2D eigenvalue weighted by Gasteiger charge is -2.29. The Hall–Kier alpha value is -3.67. The Balaban J connectivity index is 1.38. The van der Waals surface area contributed by atoms with Crippen molar-refractivity contribution in [2.24, 2.45) is 0 Å². The van der Waals surface area contributed by atoms with Crippen molar-refractivity contribution in [2.45, 2.75) is 44.8 Å². The predicted octanol–water partition coefficient (Wildman–Crippen LogP) is 1.66. The van der Waals surface area contributed by atoms with E-state index in [-0.39, 0.29) is 36.9 Å². The molecule has 160 valence electrons. The summed E-state index contributed by atoms with van der Waals surface area (Å²) < 4.78 is 16.3. The van der Waals surface area contributed by atoms with Gasteiger partial charge in [0.25, 0.3) is 5.91 Å². The summed E-state index contributed by atoms with van der Waals surface area (Å²) in [6.45, 7) is 1.34. The number of aromatic nitrogens is 2. The molecular weight excluding hydrogens is 401 g/mol. The molecule has 4 rings (SSSR count). The summed E-state index contributed by atoms with van der Waals surface area (Å²) in [6.07, 6.45) is 10.8. The number of nitrogens with zero attached hydrogens (tertiary/aromatic N) is 3. The molecular formula is C22H22FN5O3. The summed E-state index contributed by atoms with van der Waals surface area (Å²) in [7, 11) is 0. The third-order valence-electron chi connectivity index (χ3n) is 5.58. The van der Waals surface area contributed by atoms with Crippen molar-refractivity contribution in [2.75, 3.05) is 11.9 Å². The number of aryl methyl sites for hydroxylation is 1. The molecule has 1 aromatic carbocycles. The Bertz CT molecular complexity index is 1090. The van der Waals surface area contributed by atoms with E-state index in [1.165, 1.54) is 17.0 Å². The minimum atomic E-state index is -0.726. The Kier molecular flexibility index (Phi) is 5.71. The smallest absolute Gasteiger partial charge is 0.255 e. The van der Waals surface area contributed by atoms with Crippen molar-refractivity contribution in [3.8, 4) is 12.3 Å². The van der Waals surface area contributed by atoms with Crippen LogP contribution >= 0.6 is 0 Å². The van der Waals surface area contributed by atoms with Gasteiger partial charge in [-0.25, -0.2) is 4.39 Å². The maximum Gasteiger partial charge on any atom is 0.255 e. The fourth-order valence-electron chi connectivity index (χ4n) is 3.98. The normalized spacial score (nSPS) is 18.0. The van der Waals surface area contributed by atoms with Gasteiger partial charge in [0.2, 0.25) is 11.8 Å². The molecule has 2 aromatic rings. The van der Waals surface area contributed by atoms with E-state index in [1.54, 1.807) is 17.1 Å². The van der Waals surface area contributed by atoms with Gasteiger partial charge in [0.15, 0.2) is 0 Å². The quantitative estimate of drug-likeness (QED) is 0.401. The van der Waals surface area contributed by atoms with Crippen molar-refractivity contribution < 1.29 is 18.8 Å². The van der Waals surface area contributed by atoms with Crippen molar-refractivity contribution in [3.05, 3.63) is 47.0 Å². The van der Waals surface area contributed by atoms with Gasteiger partial charge in [-0.05, 0) is 31.4 Å². The summed E-state index contributed by atoms with van der Waals surface area (Å²) in [5.74, 6) is 0.930. The van der Waals surface area contributed by atoms with Crippen LogP contribution in [0.15, 0.2) is 24.5 Å². The van der Waals surface area contributed by atoms with E-state index in [9.17, 15) is 18.8 Å². The van der Waals surface area contributed by atoms with Crippen molar-refractivity contribution in [1.82, 2.24) is 20.0 Å². The van der Waals surface area contributed by atoms with Crippen LogP contribution in [0.4, 0.5) is 10.1 Å². The third kappa shape index (κ3) is 4.14. The van der Waals surface area contributed by atoms with Crippen LogP contribution < -0.4 is 10.6 Å². The van der Waals surface area contributed by atoms with Gasteiger partial charge in [0.1, 0.15) is 11.9 Å². The molecule has 0 bridgehead atoms. The number of hydrogen-bond donors (Lipinski definition) is 2. The highest BCUT2D eigenvalue weighted by Gasteiger charge is 2.40. The average Bonchev–Trinajstić information content (AvgIpc) is 3.34. The lowest BCUT2D eigenvalue weighted by Crippen LogP contribution is -2.52. The molecule has 0 spiro atoms. The summed E-state index contributed by atoms with van der Waals surface area (Å²) in [6, 6.07) is 1.98. The maximum absolute atomic E-state index is 14.5. The van der Waals surface area contributed by atoms with Crippen LogP contribution in [0.1, 0.15) is 47.2 Å². The van der Waals surface area contributed by atoms with Crippen LogP contribution in [0.25, 0.3) is 0 Å². The number of anilines is 1. The van der Waals surface area contributed by atoms with E-state index in [1.807, 2.05) is 0 Å². The molecule has 9 heteroatoms. The third-order valence-corrected chi connectivity index (χ3v) is 5.58. The Labute approximate surface area is 178 Å². The first-order valence-electron chi connectivity index (χ1n) is 10.2. The molecule has 1 aromatic heterocycles. The molecule has 2 aliphatic rings. The lowest BCUT2D eigenvalue weighted by atomic mass is 10.0. The Morgan fingerprint density at radius 1 is 1.29 bits per heavy atom. The van der Waals surface area contributed by atoms with E-state index in [0.29, 0.717) is 24.2 Å². The van der Waals surface area contributed by atoms with Gasteiger partial charge in [-0.1, -0.05) is 5.92 Å². The number of nitrogens with one attached hydrogen (secondary N) is 2. The second-order valence-electron chi connectivity index (χ2n) is 7.62. The average molecular weight is 423 g/mol. The summed E-state index contributed by atoms with van der Waals surface area (Å²) >= 11 is 0. The second kappa shape index (κ2) is 8.60. The summed E-state index contributed by atoms with van der Waals surface area (Å²) in [4.78, 5) is 37.8. The highest BCUT2D eigenvalue weighted by atomic mass is 19.1. The SMILES string of the molecule is C#Cc1cnn(CCCCNc2c(F)ccc3c2CN(C2CCC(=O)NC2=O)C3=O)c1. The second-order valence-corrected chi connectivity index (χ2v) is 7.62. The topological polar surface area (TPSA) is 96.3 Å². The molecule has 0 radical (unpaired) electrons. The number of carbonyl (C=O) groups is 3. The zero-order valence-corrected chi connectivity index (χ0v) is 16.9. The molecule has 31 heavy (non-hydrogen) atoms. The highest BCUT2D eigenvalue weighted by molar-refractivity contribution is 6.06. The van der Waals surface area contributed by atoms with E-state index in [2.05, 4.69) is 21.7 Å². The Morgan fingerprint density at radius 2 is 2.13 bits per heavy atom. The number of carbonyl (C=O) groups excluding carboxylic acids is 3. The molecule has 3 amide bonds. The number of unbranched alkanes of at least 4 members (excludes halogenated alkanes) is 1. The minimum Gasteiger partial charge on any atom is -0.382 e. The number of amides is 3. The number of fused-ring (bicyclic) bond motifs is 1. The number of halogens is 1. The minimum absolute atomic E-state index is 0.128. The van der Waals surface area contributed by atoms with Crippen LogP contribution in [0.3, 0.4) is 0 Å². The van der Waals surface area contributed by atoms with Gasteiger partial charge in [-0.3, -0.25) is 24.4 Å². The van der Waals surface area contributed by atoms with Gasteiger partial charge in [0.05, 0.1) is 17.4 Å². The summed E-state index contributed by atoms with van der Waals surface area (Å²) in [5.41, 5.74) is 1.94. The van der Waals surface area contributed by atoms with Crippen LogP contribution in [-0.4, -0.2) is 45.0 Å². The lowest BCUT2D eigenvalue weighted by molar-refractivity contribution is -0.136. The fourth-order valence-corrected chi connectivity index (χ4v) is 3.98. The highest BCUT2D eigenvalue weighted by Crippen LogP contribution is 2.34. The molecule has 2 N–H and O–H groups in total. The zero-order chi connectivity index (χ0) is 22.0. The molecule has 1 fully saturated rings. The number of benzene rings is 1. The van der Waals surface area contributed by atoms with Crippen LogP contribution in [-0.2, 0) is 22.7 Å². The van der Waals surface area contributed by atoms with E-state index >= 15 is 0 Å². The van der Waals surface area contributed by atoms with Gasteiger partial charge in [-0.15, -0.1) is 6.42 Å². The molecule has 1 unspecified atom stereocenters. The number of piperidine rings is 1. The molecule has 1 saturated heterocycles. The predicted molar refractivity (Wildman–Crippen MR) is 110 cm³/mol. The molecule has 1 atom stereocenters. The van der Waals surface area contributed by atoms with Gasteiger partial charge in [0, 0.05) is 43.4 Å². The fraction of sp³-hybridized carbons (Fsp3) is 0.364. The monoisotopic (exact) mass is 423 g/mol. The number of terminal acetylenes is 1. The number of hydrogen-bond acceptors (Lipinski definition) is 5. The first kappa shape index (κ1) is 20.6. The van der Waals surface area contributed by atoms with Crippen molar-refractivity contribution in [3.63, 3.8) is 0 Å². The number of imide groups is 1. The number of rotatable bonds is 7. The maximum atomic E-state index is 14.5. The van der Waals surface area contributed by atoms with E-state index in [4.69, 9.17) is 6.42 Å². The molecule has 8 nitrogen and oxygen atoms in total. The van der Waals surface area contributed by atoms with E-state index in [0.717, 1.165) is 18.4 Å². The largest absolute Gasteiger partial charge is 0.382 e. The molecule has 0 aliphatic carbocycles. The first-order valence-corrected chi connectivity index (χ1v) is 10.2. The summed E-state index contributed by atoms with van der Waals surface area (Å²) in [5, 5.41) is 9.55. The van der Waals surface area contributed by atoms with E-state index < -0.39 is 17.8 Å². The zero-order valence-electron chi connectivity index (χ0n) is 16.9. The molecule has 2 aliphatic heterocycles. The van der Waals surface area contributed by atoms with Gasteiger partial charge < -0.3 is 10.2 Å². The first-order chi connectivity index (χ1) is 15.0. The van der Waals surface area contributed by atoms with Crippen LogP contribution in [0.5, 0.6) is 0 Å². The standard InChI is InChI=1S/C22H22FN5O3/c1-2-14-11-25-27(12-14)10-4-3-9-24-20-16-13-28(18-7-8-19(29)26-21(18)30)22(31)15(16)5-6-17(20)23/h1,5-6,11-12,18,24H,3-4,7-10,13H2,(H,26,29,30).